The molecule has 2 rings (SSSR count). The fourth-order valence-corrected chi connectivity index (χ4v) is 3.07. The number of carbonyl (C=O) groups excluding carboxylic acids is 2. The maximum atomic E-state index is 12.9. The first-order chi connectivity index (χ1) is 14.3. The van der Waals surface area contributed by atoms with Gasteiger partial charge in [-0.05, 0) is 41.2 Å². The molecule has 0 radical (unpaired) electrons. The van der Waals surface area contributed by atoms with Crippen molar-refractivity contribution in [1.29, 1.82) is 0 Å². The SMILES string of the molecule is COC(=O)COc1ccc(C(=O)NC(c2ccc(C(C)C)cc2)C(C)C)cc1OC. The minimum Gasteiger partial charge on any atom is -0.493 e. The number of amides is 1. The number of carbonyl (C=O) groups is 2. The van der Waals surface area contributed by atoms with Gasteiger partial charge in [-0.1, -0.05) is 52.0 Å². The summed E-state index contributed by atoms with van der Waals surface area (Å²) in [6.45, 7) is 8.22. The van der Waals surface area contributed by atoms with Crippen molar-refractivity contribution in [3.8, 4) is 11.5 Å². The van der Waals surface area contributed by atoms with Crippen molar-refractivity contribution < 1.29 is 23.8 Å². The number of nitrogens with one attached hydrogen (secondary N) is 1. The molecule has 0 spiro atoms. The van der Waals surface area contributed by atoms with Crippen LogP contribution in [-0.2, 0) is 9.53 Å². The second kappa shape index (κ2) is 10.7. The highest BCUT2D eigenvalue weighted by Crippen LogP contribution is 2.29. The molecular formula is C24H31NO5. The lowest BCUT2D eigenvalue weighted by atomic mass is 9.93. The van der Waals surface area contributed by atoms with Gasteiger partial charge in [-0.2, -0.15) is 0 Å². The summed E-state index contributed by atoms with van der Waals surface area (Å²) in [5, 5.41) is 3.12. The van der Waals surface area contributed by atoms with Crippen molar-refractivity contribution in [3.63, 3.8) is 0 Å². The van der Waals surface area contributed by atoms with E-state index in [2.05, 4.69) is 62.0 Å². The number of benzene rings is 2. The van der Waals surface area contributed by atoms with Crippen LogP contribution < -0.4 is 14.8 Å². The van der Waals surface area contributed by atoms with Gasteiger partial charge < -0.3 is 19.5 Å². The van der Waals surface area contributed by atoms with Gasteiger partial charge >= 0.3 is 5.97 Å². The van der Waals surface area contributed by atoms with E-state index in [0.29, 0.717) is 23.0 Å². The number of ether oxygens (including phenoxy) is 3. The molecule has 0 aliphatic heterocycles. The van der Waals surface area contributed by atoms with E-state index >= 15 is 0 Å². The van der Waals surface area contributed by atoms with Crippen molar-refractivity contribution in [1.82, 2.24) is 5.32 Å². The van der Waals surface area contributed by atoms with Crippen LogP contribution in [0.25, 0.3) is 0 Å². The van der Waals surface area contributed by atoms with E-state index < -0.39 is 5.97 Å². The van der Waals surface area contributed by atoms with Gasteiger partial charge in [0.05, 0.1) is 20.3 Å². The Morgan fingerprint density at radius 2 is 1.53 bits per heavy atom. The van der Waals surface area contributed by atoms with Crippen LogP contribution in [0.3, 0.4) is 0 Å². The van der Waals surface area contributed by atoms with Crippen molar-refractivity contribution in [3.05, 3.63) is 59.2 Å². The first kappa shape index (κ1) is 23.3. The lowest BCUT2D eigenvalue weighted by Crippen LogP contribution is -2.31. The van der Waals surface area contributed by atoms with Crippen LogP contribution in [0.15, 0.2) is 42.5 Å². The number of esters is 1. The maximum Gasteiger partial charge on any atom is 0.343 e. The summed E-state index contributed by atoms with van der Waals surface area (Å²) in [5.41, 5.74) is 2.77. The molecular weight excluding hydrogens is 382 g/mol. The molecule has 0 bridgehead atoms. The zero-order valence-corrected chi connectivity index (χ0v) is 18.5. The molecule has 0 aliphatic rings. The Hall–Kier alpha value is -3.02. The van der Waals surface area contributed by atoms with Crippen LogP contribution in [0.4, 0.5) is 0 Å². The summed E-state index contributed by atoms with van der Waals surface area (Å²) in [7, 11) is 2.77. The molecule has 2 aromatic rings. The van der Waals surface area contributed by atoms with E-state index in [-0.39, 0.29) is 24.5 Å². The summed E-state index contributed by atoms with van der Waals surface area (Å²) in [5.74, 6) is 0.696. The molecule has 2 aromatic carbocycles. The van der Waals surface area contributed by atoms with Gasteiger partial charge in [0.25, 0.3) is 5.91 Å². The molecule has 0 aromatic heterocycles. The molecule has 0 aliphatic carbocycles. The minimum absolute atomic E-state index is 0.125. The Kier molecular flexibility index (Phi) is 8.27. The largest absolute Gasteiger partial charge is 0.493 e. The second-order valence-electron chi connectivity index (χ2n) is 7.75. The quantitative estimate of drug-likeness (QED) is 0.613. The molecule has 6 heteroatoms. The van der Waals surface area contributed by atoms with E-state index in [4.69, 9.17) is 9.47 Å². The average Bonchev–Trinajstić information content (AvgIpc) is 2.75. The molecule has 162 valence electrons. The molecule has 1 amide bonds. The normalized spacial score (nSPS) is 11.9. The molecule has 30 heavy (non-hydrogen) atoms. The zero-order valence-electron chi connectivity index (χ0n) is 18.5. The molecule has 1 N–H and O–H groups in total. The minimum atomic E-state index is -0.498. The van der Waals surface area contributed by atoms with Gasteiger partial charge in [0, 0.05) is 5.56 Å². The lowest BCUT2D eigenvalue weighted by Gasteiger charge is -2.24. The third-order valence-corrected chi connectivity index (χ3v) is 4.91. The highest BCUT2D eigenvalue weighted by Gasteiger charge is 2.20. The molecule has 0 heterocycles. The number of rotatable bonds is 9. The Morgan fingerprint density at radius 1 is 0.900 bits per heavy atom. The summed E-state index contributed by atoms with van der Waals surface area (Å²) in [6.07, 6.45) is 0. The standard InChI is InChI=1S/C24H31NO5/c1-15(2)17-7-9-18(10-8-17)23(16(3)4)25-24(27)19-11-12-20(21(13-19)28-5)30-14-22(26)29-6/h7-13,15-16,23H,14H2,1-6H3,(H,25,27). The molecule has 1 atom stereocenters. The third kappa shape index (κ3) is 5.99. The summed E-state index contributed by atoms with van der Waals surface area (Å²) >= 11 is 0. The van der Waals surface area contributed by atoms with Crippen molar-refractivity contribution in [2.45, 2.75) is 39.7 Å². The van der Waals surface area contributed by atoms with E-state index in [1.165, 1.54) is 19.8 Å². The molecule has 0 fully saturated rings. The Morgan fingerprint density at radius 3 is 2.07 bits per heavy atom. The van der Waals surface area contributed by atoms with Crippen LogP contribution in [0.5, 0.6) is 11.5 Å². The predicted octanol–water partition coefficient (Wildman–Crippen LogP) is 4.50. The third-order valence-electron chi connectivity index (χ3n) is 4.91. The Bertz CT molecular complexity index is 858. The first-order valence-electron chi connectivity index (χ1n) is 10.0. The maximum absolute atomic E-state index is 12.9. The molecule has 6 nitrogen and oxygen atoms in total. The smallest absolute Gasteiger partial charge is 0.343 e. The van der Waals surface area contributed by atoms with E-state index in [1.54, 1.807) is 18.2 Å². The van der Waals surface area contributed by atoms with Crippen LogP contribution in [0.1, 0.15) is 61.1 Å². The number of methoxy groups -OCH3 is 2. The lowest BCUT2D eigenvalue weighted by molar-refractivity contribution is -0.142. The van der Waals surface area contributed by atoms with E-state index in [0.717, 1.165) is 5.56 Å². The summed E-state index contributed by atoms with van der Waals surface area (Å²) < 4.78 is 15.3. The van der Waals surface area contributed by atoms with E-state index in [1.807, 2.05) is 0 Å². The van der Waals surface area contributed by atoms with Gasteiger partial charge in [-0.15, -0.1) is 0 Å². The van der Waals surface area contributed by atoms with Crippen LogP contribution >= 0.6 is 0 Å². The highest BCUT2D eigenvalue weighted by molar-refractivity contribution is 5.95. The fourth-order valence-electron chi connectivity index (χ4n) is 3.07. The number of hydrogen-bond donors (Lipinski definition) is 1. The van der Waals surface area contributed by atoms with Gasteiger partial charge in [0.2, 0.25) is 0 Å². The predicted molar refractivity (Wildman–Crippen MR) is 116 cm³/mol. The van der Waals surface area contributed by atoms with E-state index in [9.17, 15) is 9.59 Å². The van der Waals surface area contributed by atoms with Crippen molar-refractivity contribution in [2.24, 2.45) is 5.92 Å². The first-order valence-corrected chi connectivity index (χ1v) is 10.0. The molecule has 0 saturated heterocycles. The molecule has 0 saturated carbocycles. The Labute approximate surface area is 178 Å². The van der Waals surface area contributed by atoms with Crippen LogP contribution in [-0.4, -0.2) is 32.7 Å². The summed E-state index contributed by atoms with van der Waals surface area (Å²) in [6, 6.07) is 13.1. The van der Waals surface area contributed by atoms with Crippen LogP contribution in [0, 0.1) is 5.92 Å². The summed E-state index contributed by atoms with van der Waals surface area (Å²) in [4.78, 5) is 24.2. The fraction of sp³-hybridized carbons (Fsp3) is 0.417. The zero-order chi connectivity index (χ0) is 22.3. The molecule has 1 unspecified atom stereocenters. The van der Waals surface area contributed by atoms with Gasteiger partial charge in [-0.25, -0.2) is 4.79 Å². The van der Waals surface area contributed by atoms with Gasteiger partial charge in [0.1, 0.15) is 0 Å². The van der Waals surface area contributed by atoms with Crippen molar-refractivity contribution >= 4 is 11.9 Å². The van der Waals surface area contributed by atoms with Crippen molar-refractivity contribution in [2.75, 3.05) is 20.8 Å². The Balaban J connectivity index is 2.18. The highest BCUT2D eigenvalue weighted by atomic mass is 16.6. The topological polar surface area (TPSA) is 73.9 Å². The monoisotopic (exact) mass is 413 g/mol. The second-order valence-corrected chi connectivity index (χ2v) is 7.75. The van der Waals surface area contributed by atoms with Crippen LogP contribution in [0.2, 0.25) is 0 Å². The number of hydrogen-bond acceptors (Lipinski definition) is 5. The van der Waals surface area contributed by atoms with Gasteiger partial charge in [-0.3, -0.25) is 4.79 Å². The van der Waals surface area contributed by atoms with Gasteiger partial charge in [0.15, 0.2) is 18.1 Å². The average molecular weight is 414 g/mol.